The SMILES string of the molecule is CN(C)S(=O)(=O)c1ccccc1Nc1nc(Cl)ncc1I. The maximum absolute atomic E-state index is 12.3. The van der Waals surface area contributed by atoms with Crippen molar-refractivity contribution in [2.75, 3.05) is 19.4 Å². The Kier molecular flexibility index (Phi) is 5.02. The van der Waals surface area contributed by atoms with Crippen molar-refractivity contribution < 1.29 is 8.42 Å². The van der Waals surface area contributed by atoms with Crippen LogP contribution in [-0.4, -0.2) is 36.8 Å². The van der Waals surface area contributed by atoms with Crippen molar-refractivity contribution in [2.45, 2.75) is 4.90 Å². The van der Waals surface area contributed by atoms with Gasteiger partial charge in [-0.25, -0.2) is 17.7 Å². The summed E-state index contributed by atoms with van der Waals surface area (Å²) in [6.07, 6.45) is 1.56. The molecule has 0 aliphatic carbocycles. The smallest absolute Gasteiger partial charge is 0.244 e. The summed E-state index contributed by atoms with van der Waals surface area (Å²) in [6.45, 7) is 0. The van der Waals surface area contributed by atoms with Crippen LogP contribution >= 0.6 is 34.2 Å². The first-order valence-corrected chi connectivity index (χ1v) is 8.68. The number of anilines is 2. The molecule has 1 heterocycles. The monoisotopic (exact) mass is 438 g/mol. The molecule has 0 aliphatic rings. The zero-order chi connectivity index (χ0) is 15.6. The van der Waals surface area contributed by atoms with Crippen molar-refractivity contribution in [3.8, 4) is 0 Å². The molecular weight excluding hydrogens is 427 g/mol. The molecule has 1 aromatic carbocycles. The van der Waals surface area contributed by atoms with E-state index in [1.807, 2.05) is 22.6 Å². The Hall–Kier alpha value is -0.970. The number of sulfonamides is 1. The van der Waals surface area contributed by atoms with Gasteiger partial charge in [0.05, 0.1) is 9.26 Å². The van der Waals surface area contributed by atoms with Crippen molar-refractivity contribution in [2.24, 2.45) is 0 Å². The van der Waals surface area contributed by atoms with E-state index < -0.39 is 10.0 Å². The van der Waals surface area contributed by atoms with E-state index in [9.17, 15) is 8.42 Å². The van der Waals surface area contributed by atoms with Gasteiger partial charge in [-0.2, -0.15) is 4.98 Å². The number of nitrogens with zero attached hydrogens (tertiary/aromatic N) is 3. The van der Waals surface area contributed by atoms with Crippen LogP contribution in [0.15, 0.2) is 35.4 Å². The van der Waals surface area contributed by atoms with Gasteiger partial charge in [0.1, 0.15) is 10.7 Å². The highest BCUT2D eigenvalue weighted by Gasteiger charge is 2.21. The summed E-state index contributed by atoms with van der Waals surface area (Å²) in [5.41, 5.74) is 0.430. The summed E-state index contributed by atoms with van der Waals surface area (Å²) in [6, 6.07) is 6.61. The molecule has 21 heavy (non-hydrogen) atoms. The summed E-state index contributed by atoms with van der Waals surface area (Å²) >= 11 is 7.82. The van der Waals surface area contributed by atoms with Gasteiger partial charge in [-0.05, 0) is 46.3 Å². The number of rotatable bonds is 4. The van der Waals surface area contributed by atoms with E-state index in [1.54, 1.807) is 24.4 Å². The number of hydrogen-bond donors (Lipinski definition) is 1. The van der Waals surface area contributed by atoms with E-state index in [1.165, 1.54) is 20.2 Å². The maximum Gasteiger partial charge on any atom is 0.244 e. The van der Waals surface area contributed by atoms with E-state index >= 15 is 0 Å². The van der Waals surface area contributed by atoms with Gasteiger partial charge in [-0.15, -0.1) is 0 Å². The van der Waals surface area contributed by atoms with Crippen LogP contribution in [0.25, 0.3) is 0 Å². The number of hydrogen-bond acceptors (Lipinski definition) is 5. The standard InChI is InChI=1S/C12H12ClIN4O2S/c1-18(2)21(19,20)10-6-4-3-5-9(10)16-11-8(14)7-15-12(13)17-11/h3-7H,1-2H3,(H,15,16,17). The fourth-order valence-corrected chi connectivity index (χ4v) is 3.12. The third kappa shape index (κ3) is 3.62. The first-order chi connectivity index (χ1) is 9.82. The molecule has 0 bridgehead atoms. The minimum absolute atomic E-state index is 0.0888. The maximum atomic E-state index is 12.3. The third-order valence-electron chi connectivity index (χ3n) is 2.61. The molecule has 0 saturated heterocycles. The normalized spacial score (nSPS) is 11.7. The number of aromatic nitrogens is 2. The largest absolute Gasteiger partial charge is 0.338 e. The Morgan fingerprint density at radius 3 is 2.62 bits per heavy atom. The third-order valence-corrected chi connectivity index (χ3v) is 5.46. The summed E-state index contributed by atoms with van der Waals surface area (Å²) in [4.78, 5) is 8.09. The zero-order valence-corrected chi connectivity index (χ0v) is 14.9. The predicted octanol–water partition coefficient (Wildman–Crippen LogP) is 2.73. The molecule has 2 rings (SSSR count). The molecule has 112 valence electrons. The molecule has 6 nitrogen and oxygen atoms in total. The molecule has 2 aromatic rings. The summed E-state index contributed by atoms with van der Waals surface area (Å²) in [5, 5.41) is 3.08. The second kappa shape index (κ2) is 6.42. The quantitative estimate of drug-likeness (QED) is 0.587. The lowest BCUT2D eigenvalue weighted by Crippen LogP contribution is -2.23. The lowest BCUT2D eigenvalue weighted by atomic mass is 10.3. The average molecular weight is 439 g/mol. The van der Waals surface area contributed by atoms with E-state index in [2.05, 4.69) is 15.3 Å². The summed E-state index contributed by atoms with van der Waals surface area (Å²) < 4.78 is 26.5. The van der Waals surface area contributed by atoms with Crippen LogP contribution in [0.2, 0.25) is 5.28 Å². The highest BCUT2D eigenvalue weighted by Crippen LogP contribution is 2.27. The molecule has 0 saturated carbocycles. The minimum Gasteiger partial charge on any atom is -0.338 e. The highest BCUT2D eigenvalue weighted by molar-refractivity contribution is 14.1. The lowest BCUT2D eigenvalue weighted by Gasteiger charge is -2.16. The Morgan fingerprint density at radius 1 is 1.29 bits per heavy atom. The second-order valence-electron chi connectivity index (χ2n) is 4.24. The van der Waals surface area contributed by atoms with Crippen molar-refractivity contribution in [3.63, 3.8) is 0 Å². The fraction of sp³-hybridized carbons (Fsp3) is 0.167. The molecular formula is C12H12ClIN4O2S. The Morgan fingerprint density at radius 2 is 1.95 bits per heavy atom. The Bertz CT molecular complexity index is 768. The van der Waals surface area contributed by atoms with Crippen molar-refractivity contribution >= 4 is 55.7 Å². The molecule has 0 aliphatic heterocycles. The molecule has 1 N–H and O–H groups in total. The van der Waals surface area contributed by atoms with Gasteiger partial charge < -0.3 is 5.32 Å². The molecule has 0 radical (unpaired) electrons. The van der Waals surface area contributed by atoms with Crippen LogP contribution in [0.3, 0.4) is 0 Å². The second-order valence-corrected chi connectivity index (χ2v) is 7.86. The molecule has 0 amide bonds. The van der Waals surface area contributed by atoms with Gasteiger partial charge in [0, 0.05) is 20.3 Å². The number of nitrogens with one attached hydrogen (secondary N) is 1. The number of benzene rings is 1. The Labute approximate surface area is 141 Å². The van der Waals surface area contributed by atoms with E-state index in [-0.39, 0.29) is 10.2 Å². The zero-order valence-electron chi connectivity index (χ0n) is 11.2. The van der Waals surface area contributed by atoms with Gasteiger partial charge in [0.15, 0.2) is 0 Å². The van der Waals surface area contributed by atoms with Crippen LogP contribution < -0.4 is 5.32 Å². The van der Waals surface area contributed by atoms with E-state index in [0.29, 0.717) is 11.5 Å². The van der Waals surface area contributed by atoms with Crippen LogP contribution in [0.1, 0.15) is 0 Å². The molecule has 1 aromatic heterocycles. The highest BCUT2D eigenvalue weighted by atomic mass is 127. The molecule has 0 atom stereocenters. The molecule has 9 heteroatoms. The minimum atomic E-state index is -3.56. The van der Waals surface area contributed by atoms with E-state index in [4.69, 9.17) is 11.6 Å². The fourth-order valence-electron chi connectivity index (χ4n) is 1.55. The van der Waals surface area contributed by atoms with Crippen LogP contribution in [0.5, 0.6) is 0 Å². The lowest BCUT2D eigenvalue weighted by molar-refractivity contribution is 0.521. The van der Waals surface area contributed by atoms with Crippen LogP contribution in [0, 0.1) is 3.57 Å². The van der Waals surface area contributed by atoms with Crippen molar-refractivity contribution in [1.29, 1.82) is 0 Å². The van der Waals surface area contributed by atoms with Gasteiger partial charge in [0.25, 0.3) is 0 Å². The Balaban J connectivity index is 2.49. The van der Waals surface area contributed by atoms with Crippen molar-refractivity contribution in [3.05, 3.63) is 39.3 Å². The molecule has 0 fully saturated rings. The molecule has 0 unspecified atom stereocenters. The van der Waals surface area contributed by atoms with Crippen LogP contribution in [-0.2, 0) is 10.0 Å². The predicted molar refractivity (Wildman–Crippen MR) is 90.4 cm³/mol. The van der Waals surface area contributed by atoms with Crippen molar-refractivity contribution in [1.82, 2.24) is 14.3 Å². The summed E-state index contributed by atoms with van der Waals surface area (Å²) in [7, 11) is -0.592. The number of halogens is 2. The summed E-state index contributed by atoms with van der Waals surface area (Å²) in [5.74, 6) is 0.456. The molecule has 0 spiro atoms. The van der Waals surface area contributed by atoms with Gasteiger partial charge >= 0.3 is 0 Å². The first-order valence-electron chi connectivity index (χ1n) is 5.79. The average Bonchev–Trinajstić information content (AvgIpc) is 2.43. The van der Waals surface area contributed by atoms with Gasteiger partial charge in [-0.1, -0.05) is 12.1 Å². The number of para-hydroxylation sites is 1. The van der Waals surface area contributed by atoms with Gasteiger partial charge in [-0.3, -0.25) is 0 Å². The van der Waals surface area contributed by atoms with Crippen LogP contribution in [0.4, 0.5) is 11.5 Å². The first kappa shape index (κ1) is 16.4. The van der Waals surface area contributed by atoms with E-state index in [0.717, 1.165) is 7.88 Å². The van der Waals surface area contributed by atoms with Gasteiger partial charge in [0.2, 0.25) is 15.3 Å². The topological polar surface area (TPSA) is 75.2 Å².